The van der Waals surface area contributed by atoms with E-state index in [4.69, 9.17) is 11.6 Å². The number of benzene rings is 2. The molecule has 4 nitrogen and oxygen atoms in total. The molecular formula is C18H11ClF5N3O. The molecule has 10 heteroatoms. The number of anilines is 2. The van der Waals surface area contributed by atoms with Crippen LogP contribution in [0.2, 0.25) is 5.02 Å². The number of aryl methyl sites for hydroxylation is 1. The van der Waals surface area contributed by atoms with Crippen molar-refractivity contribution < 1.29 is 22.0 Å². The fourth-order valence-corrected chi connectivity index (χ4v) is 2.65. The first-order valence-corrected chi connectivity index (χ1v) is 8.16. The van der Waals surface area contributed by atoms with Crippen LogP contribution in [0.4, 0.5) is 33.6 Å². The summed E-state index contributed by atoms with van der Waals surface area (Å²) in [5, 5.41) is 2.63. The Balaban J connectivity index is 2.04. The molecule has 28 heavy (non-hydrogen) atoms. The molecule has 0 saturated carbocycles. The van der Waals surface area contributed by atoms with Crippen LogP contribution in [-0.4, -0.2) is 9.55 Å². The van der Waals surface area contributed by atoms with Gasteiger partial charge in [0.05, 0.1) is 17.3 Å². The maximum atomic E-state index is 13.7. The summed E-state index contributed by atoms with van der Waals surface area (Å²) in [5.41, 5.74) is -0.828. The fourth-order valence-electron chi connectivity index (χ4n) is 2.46. The summed E-state index contributed by atoms with van der Waals surface area (Å²) in [6.45, 7) is 1.13. The van der Waals surface area contributed by atoms with Gasteiger partial charge in [0.25, 0.3) is 0 Å². The van der Waals surface area contributed by atoms with Crippen molar-refractivity contribution in [3.05, 3.63) is 86.1 Å². The van der Waals surface area contributed by atoms with Crippen molar-refractivity contribution in [2.24, 2.45) is 0 Å². The summed E-state index contributed by atoms with van der Waals surface area (Å²) in [6.07, 6.45) is 0.765. The minimum atomic E-state index is -1.64. The lowest BCUT2D eigenvalue weighted by atomic mass is 10.2. The first-order chi connectivity index (χ1) is 13.2. The average molecular weight is 416 g/mol. The SMILES string of the molecule is Cc1cc(Nc2nc(=O)c(F)cn2Cc2cc(F)c(F)c(F)c2)c(Cl)cc1F. The van der Waals surface area contributed by atoms with Crippen molar-refractivity contribution in [3.8, 4) is 0 Å². The highest BCUT2D eigenvalue weighted by Crippen LogP contribution is 2.27. The lowest BCUT2D eigenvalue weighted by Crippen LogP contribution is -2.20. The number of hydrogen-bond donors (Lipinski definition) is 1. The summed E-state index contributed by atoms with van der Waals surface area (Å²) in [5.74, 6) is -6.47. The van der Waals surface area contributed by atoms with Crippen molar-refractivity contribution in [3.63, 3.8) is 0 Å². The predicted molar refractivity (Wildman–Crippen MR) is 93.3 cm³/mol. The Labute approximate surface area is 160 Å². The number of nitrogens with one attached hydrogen (secondary N) is 1. The second kappa shape index (κ2) is 7.59. The number of aromatic nitrogens is 2. The molecule has 0 bridgehead atoms. The molecule has 0 spiro atoms. The van der Waals surface area contributed by atoms with Crippen LogP contribution in [0.1, 0.15) is 11.1 Å². The standard InChI is InChI=1S/C18H11ClF5N3O/c1-8-2-15(10(19)5-11(8)20)25-18-26-17(28)14(23)7-27(18)6-9-3-12(21)16(24)13(22)4-9/h2-5,7H,6H2,1H3,(H,25,26,28). The lowest BCUT2D eigenvalue weighted by molar-refractivity contribution is 0.444. The average Bonchev–Trinajstić information content (AvgIpc) is 2.61. The minimum absolute atomic E-state index is 0.0351. The molecule has 1 heterocycles. The molecule has 0 radical (unpaired) electrons. The third kappa shape index (κ3) is 3.99. The molecule has 1 aromatic heterocycles. The highest BCUT2D eigenvalue weighted by atomic mass is 35.5. The van der Waals surface area contributed by atoms with Crippen LogP contribution >= 0.6 is 11.6 Å². The number of hydrogen-bond acceptors (Lipinski definition) is 3. The first-order valence-electron chi connectivity index (χ1n) is 7.78. The molecule has 0 amide bonds. The summed E-state index contributed by atoms with van der Waals surface area (Å²) in [7, 11) is 0. The van der Waals surface area contributed by atoms with Gasteiger partial charge in [0, 0.05) is 6.20 Å². The van der Waals surface area contributed by atoms with Crippen molar-refractivity contribution in [1.29, 1.82) is 0 Å². The Bertz CT molecular complexity index is 1110. The van der Waals surface area contributed by atoms with E-state index in [1.54, 1.807) is 0 Å². The van der Waals surface area contributed by atoms with Gasteiger partial charge in [0.2, 0.25) is 11.8 Å². The topological polar surface area (TPSA) is 46.9 Å². The molecule has 2 aromatic carbocycles. The molecule has 0 atom stereocenters. The summed E-state index contributed by atoms with van der Waals surface area (Å²) >= 11 is 5.96. The highest BCUT2D eigenvalue weighted by Gasteiger charge is 2.15. The van der Waals surface area contributed by atoms with Gasteiger partial charge >= 0.3 is 5.56 Å². The quantitative estimate of drug-likeness (QED) is 0.496. The Morgan fingerprint density at radius 1 is 1.00 bits per heavy atom. The van der Waals surface area contributed by atoms with Gasteiger partial charge in [-0.3, -0.25) is 4.79 Å². The lowest BCUT2D eigenvalue weighted by Gasteiger charge is -2.15. The van der Waals surface area contributed by atoms with Gasteiger partial charge in [-0.25, -0.2) is 17.6 Å². The van der Waals surface area contributed by atoms with Crippen LogP contribution in [0.3, 0.4) is 0 Å². The molecule has 1 N–H and O–H groups in total. The van der Waals surface area contributed by atoms with Crippen LogP contribution in [0.15, 0.2) is 35.3 Å². The molecule has 0 saturated heterocycles. The third-order valence-electron chi connectivity index (χ3n) is 3.84. The van der Waals surface area contributed by atoms with Gasteiger partial charge in [0.1, 0.15) is 5.82 Å². The largest absolute Gasteiger partial charge is 0.324 e. The number of nitrogens with zero attached hydrogens (tertiary/aromatic N) is 2. The van der Waals surface area contributed by atoms with E-state index in [1.165, 1.54) is 13.0 Å². The summed E-state index contributed by atoms with van der Waals surface area (Å²) in [6, 6.07) is 3.84. The van der Waals surface area contributed by atoms with E-state index >= 15 is 0 Å². The van der Waals surface area contributed by atoms with Gasteiger partial charge in [-0.15, -0.1) is 0 Å². The first kappa shape index (κ1) is 19.8. The van der Waals surface area contributed by atoms with E-state index in [-0.39, 0.29) is 34.3 Å². The fraction of sp³-hybridized carbons (Fsp3) is 0.111. The van der Waals surface area contributed by atoms with E-state index in [0.717, 1.165) is 29.0 Å². The van der Waals surface area contributed by atoms with Crippen molar-refractivity contribution in [2.75, 3.05) is 5.32 Å². The van der Waals surface area contributed by atoms with Gasteiger partial charge in [0.15, 0.2) is 17.5 Å². The zero-order valence-corrected chi connectivity index (χ0v) is 14.9. The zero-order chi connectivity index (χ0) is 20.6. The van der Waals surface area contributed by atoms with Crippen molar-refractivity contribution >= 4 is 23.2 Å². The Morgan fingerprint density at radius 2 is 1.64 bits per heavy atom. The van der Waals surface area contributed by atoms with Crippen LogP contribution in [0, 0.1) is 36.0 Å². The second-order valence-electron chi connectivity index (χ2n) is 5.93. The molecule has 146 valence electrons. The van der Waals surface area contributed by atoms with Crippen molar-refractivity contribution in [2.45, 2.75) is 13.5 Å². The van der Waals surface area contributed by atoms with Crippen molar-refractivity contribution in [1.82, 2.24) is 9.55 Å². The van der Waals surface area contributed by atoms with Crippen LogP contribution in [0.25, 0.3) is 0 Å². The van der Waals surface area contributed by atoms with Crippen LogP contribution in [-0.2, 0) is 6.54 Å². The van der Waals surface area contributed by atoms with Crippen LogP contribution in [0.5, 0.6) is 0 Å². The summed E-state index contributed by atoms with van der Waals surface area (Å²) in [4.78, 5) is 15.1. The second-order valence-corrected chi connectivity index (χ2v) is 6.33. The molecule has 3 rings (SSSR count). The smallest absolute Gasteiger partial charge is 0.310 e. The Kier molecular flexibility index (Phi) is 5.37. The maximum absolute atomic E-state index is 13.7. The van der Waals surface area contributed by atoms with Gasteiger partial charge in [-0.1, -0.05) is 11.6 Å². The van der Waals surface area contributed by atoms with E-state index < -0.39 is 34.6 Å². The van der Waals surface area contributed by atoms with E-state index in [0.29, 0.717) is 0 Å². The summed E-state index contributed by atoms with van der Waals surface area (Å²) < 4.78 is 68.3. The van der Waals surface area contributed by atoms with Crippen LogP contribution < -0.4 is 10.9 Å². The van der Waals surface area contributed by atoms with E-state index in [9.17, 15) is 26.7 Å². The Morgan fingerprint density at radius 3 is 2.29 bits per heavy atom. The van der Waals surface area contributed by atoms with E-state index in [2.05, 4.69) is 10.3 Å². The molecule has 3 aromatic rings. The third-order valence-corrected chi connectivity index (χ3v) is 4.16. The molecule has 0 aliphatic rings. The van der Waals surface area contributed by atoms with Gasteiger partial charge in [-0.2, -0.15) is 9.37 Å². The number of halogens is 6. The molecular weight excluding hydrogens is 405 g/mol. The van der Waals surface area contributed by atoms with Gasteiger partial charge in [-0.05, 0) is 42.3 Å². The molecule has 0 fully saturated rings. The Hall–Kier alpha value is -2.94. The maximum Gasteiger partial charge on any atom is 0.310 e. The molecule has 0 unspecified atom stereocenters. The normalized spacial score (nSPS) is 11.0. The number of rotatable bonds is 4. The highest BCUT2D eigenvalue weighted by molar-refractivity contribution is 6.33. The van der Waals surface area contributed by atoms with E-state index in [1.807, 2.05) is 0 Å². The molecule has 0 aliphatic carbocycles. The molecule has 0 aliphatic heterocycles. The predicted octanol–water partition coefficient (Wildman–Crippen LogP) is 4.69. The van der Waals surface area contributed by atoms with Gasteiger partial charge < -0.3 is 9.88 Å². The monoisotopic (exact) mass is 415 g/mol. The minimum Gasteiger partial charge on any atom is -0.324 e. The zero-order valence-electron chi connectivity index (χ0n) is 14.2.